The highest BCUT2D eigenvalue weighted by molar-refractivity contribution is 14.1. The van der Waals surface area contributed by atoms with Crippen LogP contribution in [0.2, 0.25) is 0 Å². The Morgan fingerprint density at radius 2 is 2.32 bits per heavy atom. The van der Waals surface area contributed by atoms with Gasteiger partial charge in [-0.25, -0.2) is 9.97 Å². The predicted molar refractivity (Wildman–Crippen MR) is 78.3 cm³/mol. The number of aromatic nitrogens is 4. The minimum absolute atomic E-state index is 0.275. The predicted octanol–water partition coefficient (Wildman–Crippen LogP) is 1.54. The van der Waals surface area contributed by atoms with E-state index in [0.717, 1.165) is 5.56 Å². The average molecular weight is 368 g/mol. The Labute approximate surface area is 122 Å². The number of nitrogens with two attached hydrogens (primary N) is 1. The lowest BCUT2D eigenvalue weighted by Gasteiger charge is -2.05. The molecule has 4 N–H and O–H groups in total. The highest BCUT2D eigenvalue weighted by Crippen LogP contribution is 2.17. The van der Waals surface area contributed by atoms with E-state index < -0.39 is 0 Å². The number of benzene rings is 1. The van der Waals surface area contributed by atoms with Gasteiger partial charge in [-0.1, -0.05) is 12.1 Å². The second-order valence-corrected chi connectivity index (χ2v) is 5.22. The molecule has 19 heavy (non-hydrogen) atoms. The molecule has 0 unspecified atom stereocenters. The molecule has 0 aliphatic rings. The van der Waals surface area contributed by atoms with Crippen molar-refractivity contribution in [3.8, 4) is 5.88 Å². The minimum atomic E-state index is 0.275. The molecule has 3 aromatic rings. The fraction of sp³-hybridized carbons (Fsp3) is 0.0833. The first-order chi connectivity index (χ1) is 9.22. The highest BCUT2D eigenvalue weighted by Gasteiger charge is 2.14. The molecular formula is C12H11IN5O+. The van der Waals surface area contributed by atoms with Crippen molar-refractivity contribution in [1.82, 2.24) is 15.0 Å². The minimum Gasteiger partial charge on any atom is -0.461 e. The molecule has 0 saturated heterocycles. The summed E-state index contributed by atoms with van der Waals surface area (Å²) in [6, 6.07) is 8.11. The summed E-state index contributed by atoms with van der Waals surface area (Å²) in [5.74, 6) is 0.816. The van der Waals surface area contributed by atoms with Crippen molar-refractivity contribution in [1.29, 1.82) is 0 Å². The standard InChI is InChI=1S/C12H10IN5O/c13-8-3-1-2-7(4-8)5-19-11-9-10(16-6-15-9)17-12(14)18-11/h1-4,6H,5H2,(H3,14,15,16,17,18)/p+1. The summed E-state index contributed by atoms with van der Waals surface area (Å²) < 4.78 is 6.92. The molecule has 0 spiro atoms. The van der Waals surface area contributed by atoms with Gasteiger partial charge in [0, 0.05) is 3.57 Å². The van der Waals surface area contributed by atoms with Crippen molar-refractivity contribution in [3.05, 3.63) is 39.7 Å². The first-order valence-electron chi connectivity index (χ1n) is 5.61. The van der Waals surface area contributed by atoms with Crippen LogP contribution in [0.25, 0.3) is 11.2 Å². The highest BCUT2D eigenvalue weighted by atomic mass is 127. The van der Waals surface area contributed by atoms with Gasteiger partial charge < -0.3 is 9.72 Å². The number of H-pyrrole nitrogens is 2. The molecule has 0 atom stereocenters. The lowest BCUT2D eigenvalue weighted by Crippen LogP contribution is -2.17. The van der Waals surface area contributed by atoms with Crippen LogP contribution in [0.15, 0.2) is 30.6 Å². The second-order valence-electron chi connectivity index (χ2n) is 3.97. The van der Waals surface area contributed by atoms with E-state index in [9.17, 15) is 0 Å². The van der Waals surface area contributed by atoms with Gasteiger partial charge >= 0.3 is 5.95 Å². The number of nitrogen functional groups attached to an aromatic ring is 1. The van der Waals surface area contributed by atoms with Crippen LogP contribution in [0.5, 0.6) is 5.88 Å². The molecule has 0 bridgehead atoms. The summed E-state index contributed by atoms with van der Waals surface area (Å²) in [6.45, 7) is 0.449. The maximum Gasteiger partial charge on any atom is 0.392 e. The van der Waals surface area contributed by atoms with Gasteiger partial charge in [0.1, 0.15) is 6.61 Å². The first-order valence-corrected chi connectivity index (χ1v) is 6.69. The Balaban J connectivity index is 1.87. The van der Waals surface area contributed by atoms with Gasteiger partial charge in [-0.3, -0.25) is 5.73 Å². The molecular weight excluding hydrogens is 357 g/mol. The monoisotopic (exact) mass is 368 g/mol. The van der Waals surface area contributed by atoms with E-state index in [1.165, 1.54) is 3.57 Å². The van der Waals surface area contributed by atoms with Gasteiger partial charge in [0.05, 0.1) is 6.33 Å². The molecule has 0 fully saturated rings. The van der Waals surface area contributed by atoms with E-state index in [2.05, 4.69) is 48.6 Å². The molecule has 3 rings (SSSR count). The molecule has 0 amide bonds. The van der Waals surface area contributed by atoms with Gasteiger partial charge in [0.2, 0.25) is 0 Å². The number of anilines is 1. The van der Waals surface area contributed by atoms with Crippen molar-refractivity contribution in [2.75, 3.05) is 5.73 Å². The van der Waals surface area contributed by atoms with Crippen LogP contribution in [0.4, 0.5) is 5.95 Å². The zero-order valence-corrected chi connectivity index (χ0v) is 12.0. The Morgan fingerprint density at radius 1 is 1.42 bits per heavy atom. The van der Waals surface area contributed by atoms with Crippen LogP contribution in [0, 0.1) is 3.57 Å². The molecule has 7 heteroatoms. The van der Waals surface area contributed by atoms with Crippen molar-refractivity contribution < 1.29 is 9.72 Å². The Hall–Kier alpha value is -1.90. The summed E-state index contributed by atoms with van der Waals surface area (Å²) >= 11 is 2.27. The van der Waals surface area contributed by atoms with Crippen LogP contribution in [-0.2, 0) is 6.61 Å². The number of fused-ring (bicyclic) bond motifs is 1. The van der Waals surface area contributed by atoms with Gasteiger partial charge in [-0.15, -0.1) is 0 Å². The normalized spacial score (nSPS) is 10.8. The molecule has 0 saturated carbocycles. The molecule has 0 aliphatic heterocycles. The first kappa shape index (κ1) is 12.2. The van der Waals surface area contributed by atoms with E-state index in [1.807, 2.05) is 18.2 Å². The zero-order valence-electron chi connectivity index (χ0n) is 9.85. The quantitative estimate of drug-likeness (QED) is 0.687. The van der Waals surface area contributed by atoms with Gasteiger partial charge in [0.25, 0.3) is 11.5 Å². The van der Waals surface area contributed by atoms with Crippen molar-refractivity contribution in [3.63, 3.8) is 0 Å². The molecule has 96 valence electrons. The third-order valence-electron chi connectivity index (χ3n) is 2.59. The number of hydrogen-bond acceptors (Lipinski definition) is 4. The number of nitrogens with one attached hydrogen (secondary N) is 2. The lowest BCUT2D eigenvalue weighted by molar-refractivity contribution is -0.380. The topological polar surface area (TPSA) is 91.0 Å². The summed E-state index contributed by atoms with van der Waals surface area (Å²) in [5, 5.41) is 0. The third kappa shape index (κ3) is 2.60. The number of halogens is 1. The summed E-state index contributed by atoms with van der Waals surface area (Å²) in [6.07, 6.45) is 1.56. The molecule has 1 aromatic carbocycles. The third-order valence-corrected chi connectivity index (χ3v) is 3.26. The van der Waals surface area contributed by atoms with Crippen LogP contribution in [0.3, 0.4) is 0 Å². The van der Waals surface area contributed by atoms with E-state index in [1.54, 1.807) is 6.33 Å². The van der Waals surface area contributed by atoms with Gasteiger partial charge in [-0.2, -0.15) is 0 Å². The van der Waals surface area contributed by atoms with E-state index >= 15 is 0 Å². The lowest BCUT2D eigenvalue weighted by atomic mass is 10.2. The van der Waals surface area contributed by atoms with Crippen LogP contribution in [-0.4, -0.2) is 15.0 Å². The van der Waals surface area contributed by atoms with E-state index in [0.29, 0.717) is 23.7 Å². The number of hydrogen-bond donors (Lipinski definition) is 2. The molecule has 0 radical (unpaired) electrons. The number of ether oxygens (including phenoxy) is 1. The maximum atomic E-state index is 5.75. The number of imidazole rings is 1. The largest absolute Gasteiger partial charge is 0.461 e. The SMILES string of the molecule is Nc1nc2nc[nH]c2c(OCc2cccc(I)c2)[nH+]1. The van der Waals surface area contributed by atoms with Crippen LogP contribution in [0.1, 0.15) is 5.56 Å². The van der Waals surface area contributed by atoms with Gasteiger partial charge in [0.15, 0.2) is 5.52 Å². The molecule has 2 aromatic heterocycles. The van der Waals surface area contributed by atoms with Crippen LogP contribution >= 0.6 is 22.6 Å². The fourth-order valence-electron chi connectivity index (χ4n) is 1.75. The summed E-state index contributed by atoms with van der Waals surface area (Å²) in [4.78, 5) is 14.0. The average Bonchev–Trinajstić information content (AvgIpc) is 2.84. The maximum absolute atomic E-state index is 5.75. The van der Waals surface area contributed by atoms with Crippen molar-refractivity contribution in [2.45, 2.75) is 6.61 Å². The Morgan fingerprint density at radius 3 is 3.16 bits per heavy atom. The smallest absolute Gasteiger partial charge is 0.392 e. The van der Waals surface area contributed by atoms with Crippen molar-refractivity contribution >= 4 is 39.7 Å². The summed E-state index contributed by atoms with van der Waals surface area (Å²) in [5.41, 5.74) is 8.01. The number of nitrogens with zero attached hydrogens (tertiary/aromatic N) is 2. The van der Waals surface area contributed by atoms with E-state index in [4.69, 9.17) is 10.5 Å². The molecule has 6 nitrogen and oxygen atoms in total. The summed E-state index contributed by atoms with van der Waals surface area (Å²) in [7, 11) is 0. The molecule has 0 aliphatic carbocycles. The zero-order chi connectivity index (χ0) is 13.2. The van der Waals surface area contributed by atoms with E-state index in [-0.39, 0.29) is 5.95 Å². The van der Waals surface area contributed by atoms with Crippen molar-refractivity contribution in [2.24, 2.45) is 0 Å². The number of rotatable bonds is 3. The Kier molecular flexibility index (Phi) is 3.20. The Bertz CT molecular complexity index is 727. The fourth-order valence-corrected chi connectivity index (χ4v) is 2.36. The van der Waals surface area contributed by atoms with Gasteiger partial charge in [-0.05, 0) is 45.3 Å². The number of aromatic amines is 2. The molecule has 2 heterocycles. The second kappa shape index (κ2) is 5.00. The van der Waals surface area contributed by atoms with Crippen LogP contribution < -0.4 is 15.5 Å².